The van der Waals surface area contributed by atoms with Gasteiger partial charge in [-0.3, -0.25) is 0 Å². The predicted octanol–water partition coefficient (Wildman–Crippen LogP) is 2.54. The van der Waals surface area contributed by atoms with Crippen LogP contribution in [0, 0.1) is 6.92 Å². The van der Waals surface area contributed by atoms with E-state index in [0.717, 1.165) is 17.7 Å². The molecular formula is C12H17F3N2O2S2. The minimum atomic E-state index is -4.37. The number of nitrogens with one attached hydrogen (secondary N) is 2. The maximum Gasteiger partial charge on any atom is 0.390 e. The Morgan fingerprint density at radius 3 is 2.62 bits per heavy atom. The number of alkyl halides is 3. The lowest BCUT2D eigenvalue weighted by atomic mass is 10.4. The lowest BCUT2D eigenvalue weighted by Gasteiger charge is -2.08. The summed E-state index contributed by atoms with van der Waals surface area (Å²) in [4.78, 5) is 1.53. The zero-order valence-corrected chi connectivity index (χ0v) is 13.1. The van der Waals surface area contributed by atoms with Crippen LogP contribution in [0.15, 0.2) is 11.0 Å². The quantitative estimate of drug-likeness (QED) is 0.801. The molecular weight excluding hydrogens is 325 g/mol. The Morgan fingerprint density at radius 2 is 2.05 bits per heavy atom. The Bertz CT molecular complexity index is 592. The fourth-order valence-corrected chi connectivity index (χ4v) is 4.43. The molecule has 0 aromatic carbocycles. The lowest BCUT2D eigenvalue weighted by Crippen LogP contribution is -2.28. The zero-order chi connectivity index (χ0) is 15.7. The normalized spacial score (nSPS) is 16.4. The molecule has 1 heterocycles. The fraction of sp³-hybridized carbons (Fsp3) is 0.667. The van der Waals surface area contributed by atoms with Gasteiger partial charge in [0, 0.05) is 28.9 Å². The molecule has 0 radical (unpaired) electrons. The maximum atomic E-state index is 12.1. The van der Waals surface area contributed by atoms with Gasteiger partial charge in [0.15, 0.2) is 0 Å². The summed E-state index contributed by atoms with van der Waals surface area (Å²) in [6, 6.07) is 2.04. The van der Waals surface area contributed by atoms with Crippen LogP contribution in [0.25, 0.3) is 0 Å². The number of aryl methyl sites for hydroxylation is 1. The third-order valence-corrected chi connectivity index (χ3v) is 5.82. The molecule has 0 amide bonds. The molecule has 2 N–H and O–H groups in total. The molecule has 0 saturated heterocycles. The summed E-state index contributed by atoms with van der Waals surface area (Å²) in [5.74, 6) is 0. The highest BCUT2D eigenvalue weighted by atomic mass is 32.2. The topological polar surface area (TPSA) is 58.2 Å². The molecule has 1 saturated carbocycles. The van der Waals surface area contributed by atoms with E-state index >= 15 is 0 Å². The van der Waals surface area contributed by atoms with Gasteiger partial charge in [0.25, 0.3) is 0 Å². The summed E-state index contributed by atoms with van der Waals surface area (Å²) in [6.45, 7) is 1.61. The van der Waals surface area contributed by atoms with Gasteiger partial charge < -0.3 is 5.32 Å². The van der Waals surface area contributed by atoms with Gasteiger partial charge in [0.2, 0.25) is 10.0 Å². The highest BCUT2D eigenvalue weighted by Crippen LogP contribution is 2.27. The van der Waals surface area contributed by atoms with Gasteiger partial charge in [-0.15, -0.1) is 11.3 Å². The van der Waals surface area contributed by atoms with E-state index in [1.54, 1.807) is 6.92 Å². The summed E-state index contributed by atoms with van der Waals surface area (Å²) >= 11 is 1.35. The van der Waals surface area contributed by atoms with E-state index in [1.165, 1.54) is 17.4 Å². The number of thiophene rings is 1. The van der Waals surface area contributed by atoms with Gasteiger partial charge in [-0.1, -0.05) is 0 Å². The van der Waals surface area contributed by atoms with Crippen LogP contribution in [0.4, 0.5) is 13.2 Å². The maximum absolute atomic E-state index is 12.1. The van der Waals surface area contributed by atoms with Crippen molar-refractivity contribution in [2.45, 2.75) is 49.8 Å². The van der Waals surface area contributed by atoms with E-state index in [0.29, 0.717) is 17.5 Å². The number of hydrogen-bond donors (Lipinski definition) is 2. The van der Waals surface area contributed by atoms with Crippen LogP contribution in [0.1, 0.15) is 29.0 Å². The standard InChI is InChI=1S/C12H17F3N2O2S2/c1-8-11(6-10(20-8)7-16-9-2-3-9)21(18,19)17-5-4-12(13,14)15/h6,9,16-17H,2-5,7H2,1H3. The van der Waals surface area contributed by atoms with Crippen LogP contribution in [-0.4, -0.2) is 27.2 Å². The first-order chi connectivity index (χ1) is 9.67. The van der Waals surface area contributed by atoms with Crippen molar-refractivity contribution in [2.24, 2.45) is 0 Å². The van der Waals surface area contributed by atoms with E-state index < -0.39 is 29.2 Å². The minimum Gasteiger partial charge on any atom is -0.309 e. The van der Waals surface area contributed by atoms with Crippen LogP contribution in [0.3, 0.4) is 0 Å². The van der Waals surface area contributed by atoms with Crippen LogP contribution in [0.2, 0.25) is 0 Å². The first kappa shape index (κ1) is 16.7. The molecule has 1 aliphatic carbocycles. The van der Waals surface area contributed by atoms with Crippen LogP contribution >= 0.6 is 11.3 Å². The third kappa shape index (κ3) is 5.24. The van der Waals surface area contributed by atoms with Gasteiger partial charge in [0.1, 0.15) is 0 Å². The van der Waals surface area contributed by atoms with Crippen molar-refractivity contribution < 1.29 is 21.6 Å². The Labute approximate surface area is 125 Å². The van der Waals surface area contributed by atoms with Crippen molar-refractivity contribution in [3.8, 4) is 0 Å². The average Bonchev–Trinajstić information content (AvgIpc) is 3.07. The number of rotatable bonds is 7. The summed E-state index contributed by atoms with van der Waals surface area (Å²) < 4.78 is 62.2. The number of hydrogen-bond acceptors (Lipinski definition) is 4. The molecule has 9 heteroatoms. The molecule has 0 aliphatic heterocycles. The van der Waals surface area contributed by atoms with Gasteiger partial charge in [-0.25, -0.2) is 13.1 Å². The van der Waals surface area contributed by atoms with E-state index in [9.17, 15) is 21.6 Å². The summed E-state index contributed by atoms with van der Waals surface area (Å²) in [6.07, 6.45) is -3.28. The van der Waals surface area contributed by atoms with E-state index in [4.69, 9.17) is 0 Å². The molecule has 2 rings (SSSR count). The fourth-order valence-electron chi connectivity index (χ4n) is 1.82. The van der Waals surface area contributed by atoms with Gasteiger partial charge >= 0.3 is 6.18 Å². The predicted molar refractivity (Wildman–Crippen MR) is 74.8 cm³/mol. The highest BCUT2D eigenvalue weighted by molar-refractivity contribution is 7.89. The summed E-state index contributed by atoms with van der Waals surface area (Å²) in [5, 5.41) is 3.27. The molecule has 4 nitrogen and oxygen atoms in total. The largest absolute Gasteiger partial charge is 0.390 e. The minimum absolute atomic E-state index is 0.0715. The SMILES string of the molecule is Cc1sc(CNC2CC2)cc1S(=O)(=O)NCCC(F)(F)F. The summed E-state index contributed by atoms with van der Waals surface area (Å²) in [7, 11) is -3.88. The Balaban J connectivity index is 1.97. The number of sulfonamides is 1. The third-order valence-electron chi connectivity index (χ3n) is 3.06. The average molecular weight is 342 g/mol. The molecule has 0 spiro atoms. The van der Waals surface area contributed by atoms with Crippen molar-refractivity contribution in [1.82, 2.24) is 10.0 Å². The first-order valence-corrected chi connectivity index (χ1v) is 8.86. The second-order valence-electron chi connectivity index (χ2n) is 5.05. The van der Waals surface area contributed by atoms with E-state index in [-0.39, 0.29) is 4.90 Å². The molecule has 0 bridgehead atoms. The van der Waals surface area contributed by atoms with Crippen molar-refractivity contribution in [3.63, 3.8) is 0 Å². The van der Waals surface area contributed by atoms with E-state index in [1.807, 2.05) is 4.72 Å². The highest BCUT2D eigenvalue weighted by Gasteiger charge is 2.28. The molecule has 1 aromatic rings. The van der Waals surface area contributed by atoms with E-state index in [2.05, 4.69) is 5.32 Å². The molecule has 21 heavy (non-hydrogen) atoms. The second kappa shape index (κ2) is 6.23. The summed E-state index contributed by atoms with van der Waals surface area (Å²) in [5.41, 5.74) is 0. The molecule has 1 aromatic heterocycles. The van der Waals surface area contributed by atoms with Crippen LogP contribution in [-0.2, 0) is 16.6 Å². The van der Waals surface area contributed by atoms with Gasteiger partial charge in [-0.05, 0) is 25.8 Å². The first-order valence-electron chi connectivity index (χ1n) is 6.56. The van der Waals surface area contributed by atoms with Crippen molar-refractivity contribution in [3.05, 3.63) is 15.8 Å². The Kier molecular flexibility index (Phi) is 4.96. The zero-order valence-electron chi connectivity index (χ0n) is 11.5. The van der Waals surface area contributed by atoms with Gasteiger partial charge in [0.05, 0.1) is 11.3 Å². The molecule has 0 unspecified atom stereocenters. The van der Waals surface area contributed by atoms with Crippen molar-refractivity contribution in [2.75, 3.05) is 6.54 Å². The van der Waals surface area contributed by atoms with Crippen molar-refractivity contribution in [1.29, 1.82) is 0 Å². The lowest BCUT2D eigenvalue weighted by molar-refractivity contribution is -0.132. The van der Waals surface area contributed by atoms with Crippen molar-refractivity contribution >= 4 is 21.4 Å². The molecule has 120 valence electrons. The smallest absolute Gasteiger partial charge is 0.309 e. The number of halogens is 3. The molecule has 1 aliphatic rings. The Morgan fingerprint density at radius 1 is 1.38 bits per heavy atom. The van der Waals surface area contributed by atoms with Gasteiger partial charge in [-0.2, -0.15) is 13.2 Å². The molecule has 1 fully saturated rings. The molecule has 0 atom stereocenters. The monoisotopic (exact) mass is 342 g/mol. The Hall–Kier alpha value is -0.640. The van der Waals surface area contributed by atoms with Crippen LogP contribution in [0.5, 0.6) is 0 Å². The van der Waals surface area contributed by atoms with Crippen LogP contribution < -0.4 is 10.0 Å². The second-order valence-corrected chi connectivity index (χ2v) is 8.13.